The maximum atomic E-state index is 10.7. The third-order valence-corrected chi connectivity index (χ3v) is 2.71. The minimum Gasteiger partial charge on any atom is -0.270 e. The Morgan fingerprint density at radius 1 is 1.60 bits per heavy atom. The maximum Gasteiger partial charge on any atom is 0.268 e. The van der Waals surface area contributed by atoms with Crippen LogP contribution in [0.15, 0.2) is 0 Å². The summed E-state index contributed by atoms with van der Waals surface area (Å²) >= 11 is 0. The van der Waals surface area contributed by atoms with Crippen molar-refractivity contribution in [3.8, 4) is 12.3 Å². The number of hydrogen-bond donors (Lipinski definition) is 0. The van der Waals surface area contributed by atoms with Crippen LogP contribution in [-0.4, -0.2) is 20.8 Å². The summed E-state index contributed by atoms with van der Waals surface area (Å²) in [5, 5.41) is 0. The zero-order valence-electron chi connectivity index (χ0n) is 5.41. The van der Waals surface area contributed by atoms with Crippen molar-refractivity contribution in [2.75, 3.05) is 12.4 Å². The van der Waals surface area contributed by atoms with Gasteiger partial charge in [0.1, 0.15) is 0 Å². The first-order valence-electron chi connectivity index (χ1n) is 2.97. The van der Waals surface area contributed by atoms with E-state index < -0.39 is 10.1 Å². The standard InChI is InChI=1S/C6H8O3S/c1-2-6-3-4-9-10(7,8)5-6/h1,6H,3-5H2. The van der Waals surface area contributed by atoms with E-state index in [9.17, 15) is 8.42 Å². The molecular weight excluding hydrogens is 152 g/mol. The Balaban J connectivity index is 2.67. The van der Waals surface area contributed by atoms with Gasteiger partial charge in [-0.3, -0.25) is 4.18 Å². The highest BCUT2D eigenvalue weighted by Gasteiger charge is 2.23. The van der Waals surface area contributed by atoms with E-state index in [-0.39, 0.29) is 18.3 Å². The lowest BCUT2D eigenvalue weighted by Crippen LogP contribution is -2.25. The van der Waals surface area contributed by atoms with Gasteiger partial charge in [0.05, 0.1) is 12.4 Å². The number of hydrogen-bond acceptors (Lipinski definition) is 3. The van der Waals surface area contributed by atoms with Crippen LogP contribution in [0.1, 0.15) is 6.42 Å². The first-order valence-corrected chi connectivity index (χ1v) is 4.55. The predicted molar refractivity (Wildman–Crippen MR) is 36.7 cm³/mol. The molecule has 0 aromatic heterocycles. The molecule has 0 amide bonds. The van der Waals surface area contributed by atoms with Gasteiger partial charge in [0.25, 0.3) is 10.1 Å². The molecule has 1 rings (SSSR count). The molecule has 4 heteroatoms. The summed E-state index contributed by atoms with van der Waals surface area (Å²) in [7, 11) is -3.29. The van der Waals surface area contributed by atoms with Crippen LogP contribution >= 0.6 is 0 Å². The van der Waals surface area contributed by atoms with Crippen molar-refractivity contribution in [1.29, 1.82) is 0 Å². The van der Waals surface area contributed by atoms with Crippen LogP contribution < -0.4 is 0 Å². The molecule has 0 aliphatic carbocycles. The largest absolute Gasteiger partial charge is 0.270 e. The quantitative estimate of drug-likeness (QED) is 0.369. The van der Waals surface area contributed by atoms with Gasteiger partial charge < -0.3 is 0 Å². The van der Waals surface area contributed by atoms with Crippen LogP contribution in [0.25, 0.3) is 0 Å². The highest BCUT2D eigenvalue weighted by atomic mass is 32.2. The van der Waals surface area contributed by atoms with Crippen LogP contribution in [0, 0.1) is 18.3 Å². The van der Waals surface area contributed by atoms with Gasteiger partial charge >= 0.3 is 0 Å². The summed E-state index contributed by atoms with van der Waals surface area (Å²) < 4.78 is 25.9. The molecule has 1 aliphatic rings. The molecule has 1 saturated heterocycles. The molecule has 1 fully saturated rings. The lowest BCUT2D eigenvalue weighted by Gasteiger charge is -2.16. The molecule has 10 heavy (non-hydrogen) atoms. The zero-order valence-corrected chi connectivity index (χ0v) is 6.23. The lowest BCUT2D eigenvalue weighted by atomic mass is 10.1. The van der Waals surface area contributed by atoms with Crippen LogP contribution in [0.2, 0.25) is 0 Å². The third-order valence-electron chi connectivity index (χ3n) is 1.37. The molecular formula is C6H8O3S. The first-order chi connectivity index (χ1) is 4.64. The monoisotopic (exact) mass is 160 g/mol. The fourth-order valence-electron chi connectivity index (χ4n) is 0.827. The molecule has 1 heterocycles. The second kappa shape index (κ2) is 2.60. The number of rotatable bonds is 0. The second-order valence-electron chi connectivity index (χ2n) is 2.20. The summed E-state index contributed by atoms with van der Waals surface area (Å²) in [6, 6.07) is 0. The number of terminal acetylenes is 1. The Morgan fingerprint density at radius 3 is 2.70 bits per heavy atom. The Labute approximate surface area is 60.5 Å². The minimum absolute atomic E-state index is 0.0243. The third kappa shape index (κ3) is 1.72. The Bertz CT molecular complexity index is 247. The van der Waals surface area contributed by atoms with Crippen molar-refractivity contribution in [2.45, 2.75) is 6.42 Å². The molecule has 56 valence electrons. The van der Waals surface area contributed by atoms with Gasteiger partial charge in [0, 0.05) is 5.92 Å². The van der Waals surface area contributed by atoms with Crippen LogP contribution in [-0.2, 0) is 14.3 Å². The molecule has 1 atom stereocenters. The van der Waals surface area contributed by atoms with Crippen molar-refractivity contribution < 1.29 is 12.6 Å². The smallest absolute Gasteiger partial charge is 0.268 e. The summed E-state index contributed by atoms with van der Waals surface area (Å²) in [5.74, 6) is 2.22. The van der Waals surface area contributed by atoms with Crippen molar-refractivity contribution in [2.24, 2.45) is 5.92 Å². The normalized spacial score (nSPS) is 30.9. The first kappa shape index (κ1) is 7.58. The maximum absolute atomic E-state index is 10.7. The molecule has 0 spiro atoms. The van der Waals surface area contributed by atoms with E-state index in [0.29, 0.717) is 6.42 Å². The van der Waals surface area contributed by atoms with Crippen molar-refractivity contribution >= 4 is 10.1 Å². The fourth-order valence-corrected chi connectivity index (χ4v) is 2.03. The molecule has 3 nitrogen and oxygen atoms in total. The summed E-state index contributed by atoms with van der Waals surface area (Å²) in [6.07, 6.45) is 5.70. The Hall–Kier alpha value is -0.530. The average Bonchev–Trinajstić information content (AvgIpc) is 1.86. The van der Waals surface area contributed by atoms with Gasteiger partial charge in [-0.05, 0) is 6.42 Å². The SMILES string of the molecule is C#CC1CCOS(=O)(=O)C1. The van der Waals surface area contributed by atoms with E-state index in [1.54, 1.807) is 0 Å². The molecule has 0 aromatic rings. The zero-order chi connectivity index (χ0) is 7.61. The fraction of sp³-hybridized carbons (Fsp3) is 0.667. The van der Waals surface area contributed by atoms with Gasteiger partial charge in [-0.2, -0.15) is 8.42 Å². The van der Waals surface area contributed by atoms with Gasteiger partial charge in [-0.1, -0.05) is 0 Å². The molecule has 0 bridgehead atoms. The Morgan fingerprint density at radius 2 is 2.30 bits per heavy atom. The highest BCUT2D eigenvalue weighted by molar-refractivity contribution is 7.86. The average molecular weight is 160 g/mol. The molecule has 0 radical (unpaired) electrons. The van der Waals surface area contributed by atoms with Crippen molar-refractivity contribution in [3.05, 3.63) is 0 Å². The summed E-state index contributed by atoms with van der Waals surface area (Å²) in [4.78, 5) is 0. The summed E-state index contributed by atoms with van der Waals surface area (Å²) in [5.41, 5.74) is 0. The Kier molecular flexibility index (Phi) is 1.97. The predicted octanol–water partition coefficient (Wildman–Crippen LogP) is -0.0141. The van der Waals surface area contributed by atoms with E-state index in [1.165, 1.54) is 0 Å². The van der Waals surface area contributed by atoms with Gasteiger partial charge in [-0.15, -0.1) is 12.3 Å². The molecule has 1 aliphatic heterocycles. The minimum atomic E-state index is -3.29. The molecule has 0 saturated carbocycles. The van der Waals surface area contributed by atoms with E-state index in [1.807, 2.05) is 0 Å². The van der Waals surface area contributed by atoms with Crippen molar-refractivity contribution in [3.63, 3.8) is 0 Å². The second-order valence-corrected chi connectivity index (χ2v) is 3.88. The topological polar surface area (TPSA) is 43.4 Å². The van der Waals surface area contributed by atoms with E-state index in [4.69, 9.17) is 6.42 Å². The molecule has 1 unspecified atom stereocenters. The lowest BCUT2D eigenvalue weighted by molar-refractivity contribution is 0.275. The van der Waals surface area contributed by atoms with E-state index in [2.05, 4.69) is 10.1 Å². The van der Waals surface area contributed by atoms with Gasteiger partial charge in [0.15, 0.2) is 0 Å². The molecule has 0 aromatic carbocycles. The summed E-state index contributed by atoms with van der Waals surface area (Å²) in [6.45, 7) is 0.233. The highest BCUT2D eigenvalue weighted by Crippen LogP contribution is 2.14. The van der Waals surface area contributed by atoms with Crippen LogP contribution in [0.5, 0.6) is 0 Å². The van der Waals surface area contributed by atoms with E-state index >= 15 is 0 Å². The van der Waals surface area contributed by atoms with Crippen LogP contribution in [0.3, 0.4) is 0 Å². The molecule has 0 N–H and O–H groups in total. The van der Waals surface area contributed by atoms with E-state index in [0.717, 1.165) is 0 Å². The van der Waals surface area contributed by atoms with Crippen molar-refractivity contribution in [1.82, 2.24) is 0 Å². The van der Waals surface area contributed by atoms with Gasteiger partial charge in [-0.25, -0.2) is 0 Å². The van der Waals surface area contributed by atoms with Gasteiger partial charge in [0.2, 0.25) is 0 Å². The van der Waals surface area contributed by atoms with Crippen LogP contribution in [0.4, 0.5) is 0 Å².